The van der Waals surface area contributed by atoms with Crippen LogP contribution >= 0.6 is 0 Å². The highest BCUT2D eigenvalue weighted by Crippen LogP contribution is 2.27. The number of hydrogen-bond donors (Lipinski definition) is 2. The molecule has 0 saturated carbocycles. The van der Waals surface area contributed by atoms with Crippen LogP contribution in [0.3, 0.4) is 0 Å². The minimum Gasteiger partial charge on any atom is -0.399 e. The first-order valence-electron chi connectivity index (χ1n) is 5.85. The third-order valence-electron chi connectivity index (χ3n) is 2.93. The minimum atomic E-state index is 0.444. The van der Waals surface area contributed by atoms with Crippen molar-refractivity contribution in [3.8, 4) is 11.1 Å². The molecule has 0 bridgehead atoms. The van der Waals surface area contributed by atoms with Crippen LogP contribution in [0, 0.1) is 0 Å². The molecule has 0 amide bonds. The van der Waals surface area contributed by atoms with Crippen LogP contribution in [0.1, 0.15) is 5.56 Å². The molecular formula is C15H16N4. The number of nitrogens with zero attached hydrogens (tertiary/aromatic N) is 2. The molecule has 4 nitrogen and oxygen atoms in total. The molecule has 0 unspecified atom stereocenters. The van der Waals surface area contributed by atoms with Crippen LogP contribution in [-0.2, 0) is 0 Å². The first-order chi connectivity index (χ1) is 9.15. The Morgan fingerprint density at radius 3 is 2.26 bits per heavy atom. The molecule has 2 rings (SSSR count). The van der Waals surface area contributed by atoms with E-state index in [0.29, 0.717) is 5.84 Å². The molecular weight excluding hydrogens is 236 g/mol. The Labute approximate surface area is 112 Å². The van der Waals surface area contributed by atoms with E-state index in [1.165, 1.54) is 0 Å². The second-order valence-corrected chi connectivity index (χ2v) is 4.12. The van der Waals surface area contributed by atoms with Gasteiger partial charge in [-0.05, 0) is 42.1 Å². The van der Waals surface area contributed by atoms with Gasteiger partial charge in [0.2, 0.25) is 0 Å². The van der Waals surface area contributed by atoms with Gasteiger partial charge in [0.15, 0.2) is 0 Å². The minimum absolute atomic E-state index is 0.444. The third kappa shape index (κ3) is 2.63. The molecule has 0 aromatic heterocycles. The van der Waals surface area contributed by atoms with Crippen molar-refractivity contribution in [3.05, 3.63) is 48.0 Å². The first kappa shape index (κ1) is 12.8. The van der Waals surface area contributed by atoms with Gasteiger partial charge in [-0.1, -0.05) is 18.2 Å². The average Bonchev–Trinajstić information content (AvgIpc) is 2.46. The van der Waals surface area contributed by atoms with Gasteiger partial charge >= 0.3 is 0 Å². The maximum atomic E-state index is 5.88. The van der Waals surface area contributed by atoms with Crippen molar-refractivity contribution in [2.24, 2.45) is 15.7 Å². The van der Waals surface area contributed by atoms with E-state index in [2.05, 4.69) is 16.7 Å². The van der Waals surface area contributed by atoms with Crippen LogP contribution in [0.4, 0.5) is 11.4 Å². The summed E-state index contributed by atoms with van der Waals surface area (Å²) in [4.78, 5) is 7.96. The van der Waals surface area contributed by atoms with Gasteiger partial charge in [0.25, 0.3) is 0 Å². The third-order valence-corrected chi connectivity index (χ3v) is 2.93. The number of benzene rings is 2. The smallest absolute Gasteiger partial charge is 0.127 e. The number of hydrogen-bond acceptors (Lipinski definition) is 3. The summed E-state index contributed by atoms with van der Waals surface area (Å²) in [5.41, 5.74) is 15.9. The number of anilines is 1. The molecule has 0 saturated heterocycles. The van der Waals surface area contributed by atoms with Crippen LogP contribution in [-0.4, -0.2) is 19.6 Å². The number of nitrogen functional groups attached to an aromatic ring is 1. The Bertz CT molecular complexity index is 627. The monoisotopic (exact) mass is 252 g/mol. The fourth-order valence-corrected chi connectivity index (χ4v) is 1.85. The highest BCUT2D eigenvalue weighted by Gasteiger charge is 2.07. The van der Waals surface area contributed by atoms with E-state index in [9.17, 15) is 0 Å². The van der Waals surface area contributed by atoms with Crippen molar-refractivity contribution in [3.63, 3.8) is 0 Å². The molecule has 0 heterocycles. The van der Waals surface area contributed by atoms with Crippen molar-refractivity contribution in [2.75, 3.05) is 12.8 Å². The predicted octanol–water partition coefficient (Wildman–Crippen LogP) is 2.60. The van der Waals surface area contributed by atoms with E-state index in [4.69, 9.17) is 11.5 Å². The summed E-state index contributed by atoms with van der Waals surface area (Å²) in [6.45, 7) is 3.55. The molecule has 0 spiro atoms. The first-order valence-corrected chi connectivity index (χ1v) is 5.85. The molecule has 0 radical (unpaired) electrons. The van der Waals surface area contributed by atoms with Gasteiger partial charge in [-0.2, -0.15) is 0 Å². The van der Waals surface area contributed by atoms with Gasteiger partial charge in [0.05, 0.1) is 5.69 Å². The Kier molecular flexibility index (Phi) is 3.61. The number of amidine groups is 1. The average molecular weight is 252 g/mol. The Morgan fingerprint density at radius 2 is 1.68 bits per heavy atom. The summed E-state index contributed by atoms with van der Waals surface area (Å²) < 4.78 is 0. The highest BCUT2D eigenvalue weighted by molar-refractivity contribution is 6.03. The fourth-order valence-electron chi connectivity index (χ4n) is 1.85. The molecule has 0 fully saturated rings. The zero-order valence-corrected chi connectivity index (χ0v) is 10.8. The molecule has 4 heteroatoms. The van der Waals surface area contributed by atoms with E-state index >= 15 is 0 Å². The second kappa shape index (κ2) is 5.35. The molecule has 2 aromatic carbocycles. The molecule has 2 aromatic rings. The van der Waals surface area contributed by atoms with Gasteiger partial charge in [-0.3, -0.25) is 9.98 Å². The predicted molar refractivity (Wildman–Crippen MR) is 82.1 cm³/mol. The van der Waals surface area contributed by atoms with Crippen LogP contribution < -0.4 is 11.5 Å². The maximum absolute atomic E-state index is 5.88. The summed E-state index contributed by atoms with van der Waals surface area (Å²) in [5.74, 6) is 0.444. The SMILES string of the molecule is C=Nc1ccc(-c2ccc(N)cc2)cc1/C(N)=N\C. The fraction of sp³-hybridized carbons (Fsp3) is 0.0667. The Morgan fingerprint density at radius 1 is 1.05 bits per heavy atom. The molecule has 4 N–H and O–H groups in total. The van der Waals surface area contributed by atoms with Crippen LogP contribution in [0.15, 0.2) is 52.4 Å². The summed E-state index contributed by atoms with van der Waals surface area (Å²) >= 11 is 0. The lowest BCUT2D eigenvalue weighted by Gasteiger charge is -2.08. The Balaban J connectivity index is 2.54. The molecule has 19 heavy (non-hydrogen) atoms. The topological polar surface area (TPSA) is 76.8 Å². The summed E-state index contributed by atoms with van der Waals surface area (Å²) in [7, 11) is 1.65. The summed E-state index contributed by atoms with van der Waals surface area (Å²) in [6.07, 6.45) is 0. The van der Waals surface area contributed by atoms with Gasteiger partial charge in [-0.15, -0.1) is 0 Å². The van der Waals surface area contributed by atoms with Crippen LogP contribution in [0.2, 0.25) is 0 Å². The standard InChI is InChI=1S/C15H16N4/c1-18-14-8-5-11(9-13(14)15(17)19-2)10-3-6-12(16)7-4-10/h3-9H,1,16H2,2H3,(H2,17,19). The largest absolute Gasteiger partial charge is 0.399 e. The number of rotatable bonds is 3. The lowest BCUT2D eigenvalue weighted by molar-refractivity contribution is 1.38. The lowest BCUT2D eigenvalue weighted by atomic mass is 10.0. The number of aliphatic imine (C=N–C) groups is 2. The molecule has 0 aliphatic heterocycles. The van der Waals surface area contributed by atoms with Crippen molar-refractivity contribution < 1.29 is 0 Å². The normalized spacial score (nSPS) is 11.3. The highest BCUT2D eigenvalue weighted by atomic mass is 14.8. The maximum Gasteiger partial charge on any atom is 0.127 e. The Hall–Kier alpha value is -2.62. The van der Waals surface area contributed by atoms with E-state index in [-0.39, 0.29) is 0 Å². The second-order valence-electron chi connectivity index (χ2n) is 4.12. The van der Waals surface area contributed by atoms with Gasteiger partial charge in [0, 0.05) is 18.3 Å². The van der Waals surface area contributed by atoms with E-state index in [1.807, 2.05) is 42.5 Å². The number of nitrogens with two attached hydrogens (primary N) is 2. The zero-order valence-electron chi connectivity index (χ0n) is 10.8. The van der Waals surface area contributed by atoms with Crippen molar-refractivity contribution >= 4 is 23.9 Å². The van der Waals surface area contributed by atoms with Crippen LogP contribution in [0.5, 0.6) is 0 Å². The van der Waals surface area contributed by atoms with Crippen molar-refractivity contribution in [2.45, 2.75) is 0 Å². The molecule has 0 aliphatic rings. The summed E-state index contributed by atoms with van der Waals surface area (Å²) in [6, 6.07) is 13.5. The van der Waals surface area contributed by atoms with Crippen LogP contribution in [0.25, 0.3) is 11.1 Å². The quantitative estimate of drug-likeness (QED) is 0.500. The molecule has 96 valence electrons. The van der Waals surface area contributed by atoms with Gasteiger partial charge < -0.3 is 11.5 Å². The summed E-state index contributed by atoms with van der Waals surface area (Å²) in [5, 5.41) is 0. The van der Waals surface area contributed by atoms with Crippen molar-refractivity contribution in [1.82, 2.24) is 0 Å². The lowest BCUT2D eigenvalue weighted by Crippen LogP contribution is -2.13. The van der Waals surface area contributed by atoms with E-state index < -0.39 is 0 Å². The van der Waals surface area contributed by atoms with E-state index in [0.717, 1.165) is 28.1 Å². The van der Waals surface area contributed by atoms with Gasteiger partial charge in [0.1, 0.15) is 5.84 Å². The molecule has 0 atom stereocenters. The zero-order chi connectivity index (χ0) is 13.8. The van der Waals surface area contributed by atoms with E-state index in [1.54, 1.807) is 7.05 Å². The molecule has 0 aliphatic carbocycles. The van der Waals surface area contributed by atoms with Crippen molar-refractivity contribution in [1.29, 1.82) is 0 Å². The van der Waals surface area contributed by atoms with Gasteiger partial charge in [-0.25, -0.2) is 0 Å².